The van der Waals surface area contributed by atoms with Crippen molar-refractivity contribution in [2.24, 2.45) is 0 Å². The summed E-state index contributed by atoms with van der Waals surface area (Å²) >= 11 is 9.25. The number of halogens is 2. The predicted octanol–water partition coefficient (Wildman–Crippen LogP) is 5.13. The van der Waals surface area contributed by atoms with Crippen molar-refractivity contribution in [3.05, 3.63) is 57.0 Å². The van der Waals surface area contributed by atoms with Gasteiger partial charge in [-0.05, 0) is 78.2 Å². The van der Waals surface area contributed by atoms with Crippen LogP contribution in [0.3, 0.4) is 0 Å². The van der Waals surface area contributed by atoms with E-state index in [1.165, 1.54) is 5.56 Å². The number of carbonyl (C=O) groups excluding carboxylic acids is 1. The first-order chi connectivity index (χ1) is 10.4. The van der Waals surface area contributed by atoms with Gasteiger partial charge in [0.2, 0.25) is 0 Å². The Labute approximate surface area is 143 Å². The maximum absolute atomic E-state index is 12.2. The zero-order valence-electron chi connectivity index (χ0n) is 12.6. The van der Waals surface area contributed by atoms with Gasteiger partial charge in [-0.2, -0.15) is 0 Å². The maximum Gasteiger partial charge on any atom is 0.265 e. The Balaban J connectivity index is 2.04. The molecule has 1 atom stereocenters. The Kier molecular flexibility index (Phi) is 5.48. The van der Waals surface area contributed by atoms with E-state index in [0.717, 1.165) is 11.3 Å². The molecule has 2 rings (SSSR count). The quantitative estimate of drug-likeness (QED) is 0.796. The van der Waals surface area contributed by atoms with Gasteiger partial charge in [-0.15, -0.1) is 0 Å². The number of hydrogen-bond acceptors (Lipinski definition) is 2. The molecule has 0 bridgehead atoms. The second-order valence-electron chi connectivity index (χ2n) is 5.12. The number of hydrogen-bond donors (Lipinski definition) is 1. The van der Waals surface area contributed by atoms with Gasteiger partial charge in [0.05, 0.1) is 4.47 Å². The molecule has 1 N–H and O–H groups in total. The van der Waals surface area contributed by atoms with Crippen molar-refractivity contribution in [2.75, 3.05) is 5.32 Å². The summed E-state index contributed by atoms with van der Waals surface area (Å²) in [6.07, 6.45) is -0.626. The average Bonchev–Trinajstić information content (AvgIpc) is 2.45. The molecule has 0 aliphatic rings. The Morgan fingerprint density at radius 1 is 1.18 bits per heavy atom. The van der Waals surface area contributed by atoms with Crippen molar-refractivity contribution in [2.45, 2.75) is 26.9 Å². The molecule has 22 heavy (non-hydrogen) atoms. The summed E-state index contributed by atoms with van der Waals surface area (Å²) in [5.74, 6) is 0.372. The van der Waals surface area contributed by atoms with Gasteiger partial charge in [-0.1, -0.05) is 17.7 Å². The molecular weight excluding hydrogens is 366 g/mol. The van der Waals surface area contributed by atoms with Crippen LogP contribution in [0.15, 0.2) is 40.9 Å². The SMILES string of the molecule is Cc1ccc(NC(=O)C(C)Oc2ccc(Cl)cc2Br)cc1C. The molecule has 0 heterocycles. The molecule has 2 aromatic carbocycles. The molecule has 0 spiro atoms. The van der Waals surface area contributed by atoms with Crippen LogP contribution in [0.4, 0.5) is 5.69 Å². The van der Waals surface area contributed by atoms with Crippen LogP contribution in [0.5, 0.6) is 5.75 Å². The zero-order valence-corrected chi connectivity index (χ0v) is 15.0. The second-order valence-corrected chi connectivity index (χ2v) is 6.41. The molecule has 0 fully saturated rings. The summed E-state index contributed by atoms with van der Waals surface area (Å²) in [6.45, 7) is 5.75. The molecule has 1 unspecified atom stereocenters. The van der Waals surface area contributed by atoms with Gasteiger partial charge in [0.25, 0.3) is 5.91 Å². The van der Waals surface area contributed by atoms with Gasteiger partial charge < -0.3 is 10.1 Å². The van der Waals surface area contributed by atoms with E-state index >= 15 is 0 Å². The lowest BCUT2D eigenvalue weighted by molar-refractivity contribution is -0.122. The number of aryl methyl sites for hydroxylation is 2. The van der Waals surface area contributed by atoms with E-state index in [2.05, 4.69) is 21.2 Å². The number of carbonyl (C=O) groups is 1. The van der Waals surface area contributed by atoms with E-state index in [-0.39, 0.29) is 5.91 Å². The van der Waals surface area contributed by atoms with Gasteiger partial charge in [0.1, 0.15) is 5.75 Å². The number of ether oxygens (including phenoxy) is 1. The average molecular weight is 383 g/mol. The molecule has 116 valence electrons. The van der Waals surface area contributed by atoms with E-state index in [4.69, 9.17) is 16.3 Å². The summed E-state index contributed by atoms with van der Waals surface area (Å²) in [6, 6.07) is 11.0. The number of rotatable bonds is 4. The highest BCUT2D eigenvalue weighted by atomic mass is 79.9. The minimum atomic E-state index is -0.626. The fourth-order valence-electron chi connectivity index (χ4n) is 1.88. The topological polar surface area (TPSA) is 38.3 Å². The summed E-state index contributed by atoms with van der Waals surface area (Å²) < 4.78 is 6.38. The van der Waals surface area contributed by atoms with Gasteiger partial charge in [0, 0.05) is 10.7 Å². The van der Waals surface area contributed by atoms with Crippen molar-refractivity contribution >= 4 is 39.1 Å². The summed E-state index contributed by atoms with van der Waals surface area (Å²) in [7, 11) is 0. The van der Waals surface area contributed by atoms with Crippen molar-refractivity contribution < 1.29 is 9.53 Å². The van der Waals surface area contributed by atoms with E-state index in [0.29, 0.717) is 15.2 Å². The van der Waals surface area contributed by atoms with Crippen LogP contribution < -0.4 is 10.1 Å². The molecule has 0 saturated heterocycles. The Morgan fingerprint density at radius 3 is 2.55 bits per heavy atom. The van der Waals surface area contributed by atoms with Crippen molar-refractivity contribution in [3.8, 4) is 5.75 Å². The van der Waals surface area contributed by atoms with Crippen LogP contribution >= 0.6 is 27.5 Å². The lowest BCUT2D eigenvalue weighted by Crippen LogP contribution is -2.30. The highest BCUT2D eigenvalue weighted by molar-refractivity contribution is 9.10. The van der Waals surface area contributed by atoms with Crippen LogP contribution in [0.25, 0.3) is 0 Å². The Hall–Kier alpha value is -1.52. The number of anilines is 1. The highest BCUT2D eigenvalue weighted by Gasteiger charge is 2.16. The van der Waals surface area contributed by atoms with Crippen LogP contribution in [-0.4, -0.2) is 12.0 Å². The van der Waals surface area contributed by atoms with Crippen LogP contribution in [-0.2, 0) is 4.79 Å². The third-order valence-corrected chi connectivity index (χ3v) is 4.20. The van der Waals surface area contributed by atoms with E-state index < -0.39 is 6.10 Å². The third kappa shape index (κ3) is 4.24. The summed E-state index contributed by atoms with van der Waals surface area (Å²) in [5, 5.41) is 3.46. The molecule has 0 aromatic heterocycles. The lowest BCUT2D eigenvalue weighted by Gasteiger charge is -2.16. The Morgan fingerprint density at radius 2 is 1.91 bits per heavy atom. The highest BCUT2D eigenvalue weighted by Crippen LogP contribution is 2.29. The summed E-state index contributed by atoms with van der Waals surface area (Å²) in [4.78, 5) is 12.2. The largest absolute Gasteiger partial charge is 0.480 e. The lowest BCUT2D eigenvalue weighted by atomic mass is 10.1. The second kappa shape index (κ2) is 7.16. The predicted molar refractivity (Wildman–Crippen MR) is 93.8 cm³/mol. The van der Waals surface area contributed by atoms with Gasteiger partial charge in [0.15, 0.2) is 6.10 Å². The first kappa shape index (κ1) is 16.8. The zero-order chi connectivity index (χ0) is 16.3. The molecule has 0 aliphatic carbocycles. The normalized spacial score (nSPS) is 11.9. The number of amides is 1. The molecule has 5 heteroatoms. The first-order valence-electron chi connectivity index (χ1n) is 6.86. The van der Waals surface area contributed by atoms with Crippen molar-refractivity contribution in [1.82, 2.24) is 0 Å². The third-order valence-electron chi connectivity index (χ3n) is 3.34. The fourth-order valence-corrected chi connectivity index (χ4v) is 2.65. The molecule has 0 radical (unpaired) electrons. The van der Waals surface area contributed by atoms with Gasteiger partial charge in [-0.3, -0.25) is 4.79 Å². The first-order valence-corrected chi connectivity index (χ1v) is 8.03. The van der Waals surface area contributed by atoms with Gasteiger partial charge >= 0.3 is 0 Å². The molecule has 0 aliphatic heterocycles. The van der Waals surface area contributed by atoms with Gasteiger partial charge in [-0.25, -0.2) is 0 Å². The monoisotopic (exact) mass is 381 g/mol. The fraction of sp³-hybridized carbons (Fsp3) is 0.235. The van der Waals surface area contributed by atoms with Crippen molar-refractivity contribution in [1.29, 1.82) is 0 Å². The standard InChI is InChI=1S/C17H17BrClNO2/c1-10-4-6-14(8-11(10)2)20-17(21)12(3)22-16-7-5-13(19)9-15(16)18/h4-9,12H,1-3H3,(H,20,21). The van der Waals surface area contributed by atoms with Crippen molar-refractivity contribution in [3.63, 3.8) is 0 Å². The van der Waals surface area contributed by atoms with E-state index in [1.807, 2.05) is 32.0 Å². The minimum Gasteiger partial charge on any atom is -0.480 e. The summed E-state index contributed by atoms with van der Waals surface area (Å²) in [5.41, 5.74) is 3.08. The minimum absolute atomic E-state index is 0.204. The molecule has 0 saturated carbocycles. The van der Waals surface area contributed by atoms with Crippen LogP contribution in [0.1, 0.15) is 18.1 Å². The van der Waals surface area contributed by atoms with Crippen LogP contribution in [0.2, 0.25) is 5.02 Å². The van der Waals surface area contributed by atoms with Crippen LogP contribution in [0, 0.1) is 13.8 Å². The Bertz CT molecular complexity index is 703. The number of benzene rings is 2. The molecule has 3 nitrogen and oxygen atoms in total. The maximum atomic E-state index is 12.2. The molecule has 2 aromatic rings. The molecular formula is C17H17BrClNO2. The smallest absolute Gasteiger partial charge is 0.265 e. The molecule has 1 amide bonds. The van der Waals surface area contributed by atoms with E-state index in [1.54, 1.807) is 25.1 Å². The number of nitrogens with one attached hydrogen (secondary N) is 1. The van der Waals surface area contributed by atoms with E-state index in [9.17, 15) is 4.79 Å².